The first-order chi connectivity index (χ1) is 11.9. The van der Waals surface area contributed by atoms with Gasteiger partial charge in [0.25, 0.3) is 5.92 Å². The summed E-state index contributed by atoms with van der Waals surface area (Å²) in [4.78, 5) is 26.3. The second-order valence-corrected chi connectivity index (χ2v) is 6.39. The van der Waals surface area contributed by atoms with Gasteiger partial charge in [0, 0.05) is 18.4 Å². The monoisotopic (exact) mass is 348 g/mol. The van der Waals surface area contributed by atoms with Crippen molar-refractivity contribution >= 4 is 22.8 Å². The van der Waals surface area contributed by atoms with Crippen LogP contribution in [0, 0.1) is 0 Å². The van der Waals surface area contributed by atoms with Gasteiger partial charge in [-0.2, -0.15) is 0 Å². The maximum absolute atomic E-state index is 14.7. The molecule has 4 rings (SSSR count). The van der Waals surface area contributed by atoms with Gasteiger partial charge < -0.3 is 20.5 Å². The molecule has 25 heavy (non-hydrogen) atoms. The van der Waals surface area contributed by atoms with Crippen molar-refractivity contribution in [2.75, 3.05) is 24.5 Å². The number of carbonyl (C=O) groups excluding carboxylic acids is 1. The van der Waals surface area contributed by atoms with Crippen LogP contribution in [0.4, 0.5) is 14.6 Å². The quantitative estimate of drug-likeness (QED) is 0.852. The number of fused-ring (bicyclic) bond motifs is 1. The van der Waals surface area contributed by atoms with E-state index in [0.717, 1.165) is 10.3 Å². The minimum absolute atomic E-state index is 0.155. The maximum Gasteiger partial charge on any atom is 0.293 e. The molecular formula is C16H18F2N6O. The Kier molecular flexibility index (Phi) is 3.33. The highest BCUT2D eigenvalue weighted by molar-refractivity contribution is 5.89. The fourth-order valence-corrected chi connectivity index (χ4v) is 3.97. The lowest BCUT2D eigenvalue weighted by Crippen LogP contribution is -2.80. The molecule has 0 saturated carbocycles. The van der Waals surface area contributed by atoms with E-state index in [1.165, 1.54) is 6.33 Å². The van der Waals surface area contributed by atoms with Crippen LogP contribution in [-0.4, -0.2) is 56.9 Å². The molecule has 2 fully saturated rings. The molecule has 0 aromatic carbocycles. The SMILES string of the molecule is C=C1N(c2ncnc3[nH]ccc23)CCC[C@@]12N(C(=O)CN)CC2(F)F. The summed E-state index contributed by atoms with van der Waals surface area (Å²) in [5, 5.41) is 0.722. The number of nitrogens with two attached hydrogens (primary N) is 1. The number of piperidine rings is 1. The molecule has 2 saturated heterocycles. The summed E-state index contributed by atoms with van der Waals surface area (Å²) in [5.41, 5.74) is 4.48. The summed E-state index contributed by atoms with van der Waals surface area (Å²) in [6.45, 7) is 3.51. The second-order valence-electron chi connectivity index (χ2n) is 6.39. The van der Waals surface area contributed by atoms with Crippen LogP contribution in [0.25, 0.3) is 11.0 Å². The number of aromatic nitrogens is 3. The number of anilines is 1. The van der Waals surface area contributed by atoms with E-state index in [-0.39, 0.29) is 18.7 Å². The Morgan fingerprint density at radius 1 is 1.44 bits per heavy atom. The Morgan fingerprint density at radius 3 is 2.96 bits per heavy atom. The number of H-pyrrole nitrogens is 1. The van der Waals surface area contributed by atoms with Gasteiger partial charge in [-0.25, -0.2) is 18.7 Å². The van der Waals surface area contributed by atoms with E-state index in [0.29, 0.717) is 24.4 Å². The Bertz CT molecular complexity index is 865. The van der Waals surface area contributed by atoms with Crippen LogP contribution in [0.15, 0.2) is 30.9 Å². The van der Waals surface area contributed by atoms with Gasteiger partial charge in [-0.05, 0) is 18.9 Å². The van der Waals surface area contributed by atoms with Gasteiger partial charge in [0.2, 0.25) is 5.91 Å². The molecule has 0 radical (unpaired) electrons. The van der Waals surface area contributed by atoms with Crippen molar-refractivity contribution in [2.24, 2.45) is 5.73 Å². The molecule has 0 aliphatic carbocycles. The summed E-state index contributed by atoms with van der Waals surface area (Å²) in [6.07, 6.45) is 3.74. The number of nitrogens with one attached hydrogen (secondary N) is 1. The normalized spacial score (nSPS) is 25.5. The maximum atomic E-state index is 14.7. The fourth-order valence-electron chi connectivity index (χ4n) is 3.97. The summed E-state index contributed by atoms with van der Waals surface area (Å²) in [7, 11) is 0. The molecular weight excluding hydrogens is 330 g/mol. The molecule has 3 N–H and O–H groups in total. The smallest absolute Gasteiger partial charge is 0.293 e. The van der Waals surface area contributed by atoms with E-state index < -0.39 is 23.9 Å². The van der Waals surface area contributed by atoms with E-state index in [1.807, 2.05) is 0 Å². The highest BCUT2D eigenvalue weighted by Gasteiger charge is 2.71. The third-order valence-electron chi connectivity index (χ3n) is 5.21. The molecule has 0 bridgehead atoms. The van der Waals surface area contributed by atoms with Crippen LogP contribution in [-0.2, 0) is 4.79 Å². The molecule has 9 heteroatoms. The number of hydrogen-bond acceptors (Lipinski definition) is 5. The van der Waals surface area contributed by atoms with Gasteiger partial charge in [-0.1, -0.05) is 6.58 Å². The number of likely N-dealkylation sites (tertiary alicyclic amines) is 1. The van der Waals surface area contributed by atoms with E-state index in [4.69, 9.17) is 5.73 Å². The Hall–Kier alpha value is -2.55. The number of rotatable bonds is 2. The zero-order chi connectivity index (χ0) is 17.8. The topological polar surface area (TPSA) is 91.1 Å². The predicted molar refractivity (Wildman–Crippen MR) is 88.1 cm³/mol. The third kappa shape index (κ3) is 1.95. The van der Waals surface area contributed by atoms with Crippen molar-refractivity contribution in [3.63, 3.8) is 0 Å². The van der Waals surface area contributed by atoms with Crippen molar-refractivity contribution in [3.05, 3.63) is 30.9 Å². The number of hydrogen-bond donors (Lipinski definition) is 2. The average molecular weight is 348 g/mol. The van der Waals surface area contributed by atoms with Gasteiger partial charge >= 0.3 is 0 Å². The Balaban J connectivity index is 1.79. The lowest BCUT2D eigenvalue weighted by Gasteiger charge is -2.61. The summed E-state index contributed by atoms with van der Waals surface area (Å²) >= 11 is 0. The number of amides is 1. The number of alkyl halides is 2. The molecule has 1 atom stereocenters. The van der Waals surface area contributed by atoms with Gasteiger partial charge in [-0.15, -0.1) is 0 Å². The Morgan fingerprint density at radius 2 is 2.24 bits per heavy atom. The fraction of sp³-hybridized carbons (Fsp3) is 0.438. The van der Waals surface area contributed by atoms with Crippen molar-refractivity contribution in [3.8, 4) is 0 Å². The first-order valence-corrected chi connectivity index (χ1v) is 8.06. The first-order valence-electron chi connectivity index (χ1n) is 8.06. The van der Waals surface area contributed by atoms with Crippen molar-refractivity contribution in [1.82, 2.24) is 19.9 Å². The van der Waals surface area contributed by atoms with Crippen LogP contribution < -0.4 is 10.6 Å². The predicted octanol–water partition coefficient (Wildman–Crippen LogP) is 1.25. The second kappa shape index (κ2) is 5.22. The van der Waals surface area contributed by atoms with E-state index in [2.05, 4.69) is 21.5 Å². The third-order valence-corrected chi connectivity index (χ3v) is 5.21. The molecule has 2 aromatic rings. The van der Waals surface area contributed by atoms with Crippen LogP contribution >= 0.6 is 0 Å². The minimum Gasteiger partial charge on any atom is -0.346 e. The molecule has 1 amide bonds. The van der Waals surface area contributed by atoms with Crippen molar-refractivity contribution in [2.45, 2.75) is 24.3 Å². The summed E-state index contributed by atoms with van der Waals surface area (Å²) in [5.74, 6) is -3.03. The largest absolute Gasteiger partial charge is 0.346 e. The number of nitrogens with zero attached hydrogens (tertiary/aromatic N) is 4. The highest BCUT2D eigenvalue weighted by Crippen LogP contribution is 2.54. The standard InChI is InChI=1S/C16H18F2N6O/c1-10-15(16(17,18)8-24(15)12(25)7-19)4-2-6-23(10)14-11-3-5-20-13(11)21-9-22-14/h3,5,9H,1-2,4,6-8,19H2,(H,20,21,22)/t15-/m1/s1. The number of aromatic amines is 1. The molecule has 4 heterocycles. The van der Waals surface area contributed by atoms with Crippen molar-refractivity contribution < 1.29 is 13.6 Å². The molecule has 132 valence electrons. The zero-order valence-corrected chi connectivity index (χ0v) is 13.5. The van der Waals surface area contributed by atoms with Crippen LogP contribution in [0.2, 0.25) is 0 Å². The van der Waals surface area contributed by atoms with Crippen LogP contribution in [0.5, 0.6) is 0 Å². The van der Waals surface area contributed by atoms with Gasteiger partial charge in [0.1, 0.15) is 23.3 Å². The zero-order valence-electron chi connectivity index (χ0n) is 13.5. The highest BCUT2D eigenvalue weighted by atomic mass is 19.3. The summed E-state index contributed by atoms with van der Waals surface area (Å²) in [6, 6.07) is 1.79. The Labute approximate surface area is 142 Å². The minimum atomic E-state index is -3.04. The molecule has 2 aromatic heterocycles. The molecule has 2 aliphatic rings. The molecule has 1 spiro atoms. The van der Waals surface area contributed by atoms with Crippen molar-refractivity contribution in [1.29, 1.82) is 0 Å². The lowest BCUT2D eigenvalue weighted by atomic mass is 9.71. The first kappa shape index (κ1) is 15.9. The van der Waals surface area contributed by atoms with E-state index in [9.17, 15) is 13.6 Å². The number of carbonyl (C=O) groups is 1. The summed E-state index contributed by atoms with van der Waals surface area (Å²) < 4.78 is 29.3. The number of halogens is 2. The average Bonchev–Trinajstić information content (AvgIpc) is 3.08. The van der Waals surface area contributed by atoms with Crippen LogP contribution in [0.1, 0.15) is 12.8 Å². The molecule has 0 unspecified atom stereocenters. The van der Waals surface area contributed by atoms with E-state index >= 15 is 0 Å². The van der Waals surface area contributed by atoms with E-state index in [1.54, 1.807) is 17.2 Å². The lowest BCUT2D eigenvalue weighted by molar-refractivity contribution is -0.231. The van der Waals surface area contributed by atoms with Gasteiger partial charge in [0.05, 0.1) is 18.5 Å². The van der Waals surface area contributed by atoms with Gasteiger partial charge in [0.15, 0.2) is 0 Å². The van der Waals surface area contributed by atoms with Crippen LogP contribution in [0.3, 0.4) is 0 Å². The molecule has 2 aliphatic heterocycles. The van der Waals surface area contributed by atoms with Gasteiger partial charge in [-0.3, -0.25) is 4.79 Å². The molecule has 7 nitrogen and oxygen atoms in total.